The van der Waals surface area contributed by atoms with Crippen LogP contribution in [0.5, 0.6) is 0 Å². The van der Waals surface area contributed by atoms with E-state index in [4.69, 9.17) is 24.9 Å². The van der Waals surface area contributed by atoms with Crippen molar-refractivity contribution >= 4 is 15.6 Å². The second kappa shape index (κ2) is 6.66. The molecule has 0 rings (SSSR count). The van der Waals surface area contributed by atoms with Crippen molar-refractivity contribution < 1.29 is 48.3 Å². The topological polar surface area (TPSA) is 185 Å². The number of aliphatic hydroxyl groups is 2. The molecule has 7 N–H and O–H groups in total. The van der Waals surface area contributed by atoms with E-state index in [2.05, 4.69) is 8.83 Å². The molecule has 0 aliphatic heterocycles. The Balaban J connectivity index is 0. The molecule has 0 heterocycles. The van der Waals surface area contributed by atoms with Crippen LogP contribution in [0.4, 0.5) is 0 Å². The summed E-state index contributed by atoms with van der Waals surface area (Å²) in [6.07, 6.45) is -1.43. The largest absolute Gasteiger partial charge is 0.481 e. The number of hydrogen-bond donors (Lipinski definition) is 5. The van der Waals surface area contributed by atoms with E-state index >= 15 is 0 Å². The zero-order valence-electron chi connectivity index (χ0n) is 7.26. The van der Waals surface area contributed by atoms with Crippen molar-refractivity contribution in [2.45, 2.75) is 6.10 Å². The van der Waals surface area contributed by atoms with Crippen LogP contribution in [0.2, 0.25) is 0 Å². The van der Waals surface area contributed by atoms with Gasteiger partial charge in [0.25, 0.3) is 0 Å². The second-order valence-electron chi connectivity index (χ2n) is 2.17. The fourth-order valence-electron chi connectivity index (χ4n) is 0.391. The number of aliphatic hydroxyl groups excluding tert-OH is 2. The zero-order chi connectivity index (χ0) is 11.4. The summed E-state index contributed by atoms with van der Waals surface area (Å²) in [5, 5.41) is 16.9. The van der Waals surface area contributed by atoms with Crippen LogP contribution in [0.25, 0.3) is 0 Å². The Morgan fingerprint density at radius 3 is 2.00 bits per heavy atom. The van der Waals surface area contributed by atoms with Gasteiger partial charge in [-0.3, -0.25) is 4.52 Å². The lowest BCUT2D eigenvalue weighted by atomic mass is 10.4. The van der Waals surface area contributed by atoms with Gasteiger partial charge < -0.3 is 30.4 Å². The van der Waals surface area contributed by atoms with E-state index < -0.39 is 35.0 Å². The van der Waals surface area contributed by atoms with Crippen LogP contribution < -0.4 is 0 Å². The Bertz CT molecular complexity index is 257. The molecule has 0 spiro atoms. The first-order valence-corrected chi connectivity index (χ1v) is 6.22. The summed E-state index contributed by atoms with van der Waals surface area (Å²) in [5.41, 5.74) is 0. The summed E-state index contributed by atoms with van der Waals surface area (Å²) in [7, 11) is -10.1. The summed E-state index contributed by atoms with van der Waals surface area (Å²) in [6, 6.07) is 0. The van der Waals surface area contributed by atoms with Gasteiger partial charge in [-0.2, -0.15) is 4.31 Å². The highest BCUT2D eigenvalue weighted by Gasteiger charge is 2.32. The standard InChI is InChI=1S/C3H10O9P2.H2O/c4-1-3(5)2-11-14(9,10)12-13(6,7)8;/h3-5H,1-2H2,(H,9,10)(H2,6,7,8);1H2/t3-;/m0./s1. The van der Waals surface area contributed by atoms with E-state index in [1.165, 1.54) is 0 Å². The highest BCUT2D eigenvalue weighted by atomic mass is 31.3. The third-order valence-electron chi connectivity index (χ3n) is 0.850. The van der Waals surface area contributed by atoms with E-state index in [0.717, 1.165) is 0 Å². The lowest BCUT2D eigenvalue weighted by molar-refractivity contribution is 0.0416. The Morgan fingerprint density at radius 2 is 1.67 bits per heavy atom. The van der Waals surface area contributed by atoms with Crippen molar-refractivity contribution in [3.63, 3.8) is 0 Å². The lowest BCUT2D eigenvalue weighted by Gasteiger charge is -2.13. The highest BCUT2D eigenvalue weighted by molar-refractivity contribution is 7.60. The average Bonchev–Trinajstić information content (AvgIpc) is 1.96. The molecule has 0 aromatic carbocycles. The predicted octanol–water partition coefficient (Wildman–Crippen LogP) is -2.26. The number of phosphoric ester groups is 1. The van der Waals surface area contributed by atoms with Gasteiger partial charge in [0.1, 0.15) is 6.10 Å². The van der Waals surface area contributed by atoms with Crippen molar-refractivity contribution in [1.29, 1.82) is 0 Å². The molecule has 0 bridgehead atoms. The molecule has 0 fully saturated rings. The molecule has 12 heteroatoms. The molecule has 0 aromatic rings. The molecule has 0 aliphatic carbocycles. The Morgan fingerprint density at radius 1 is 1.20 bits per heavy atom. The van der Waals surface area contributed by atoms with Gasteiger partial charge in [0, 0.05) is 0 Å². The number of hydrogen-bond acceptors (Lipinski definition) is 6. The molecule has 15 heavy (non-hydrogen) atoms. The maximum atomic E-state index is 10.7. The van der Waals surface area contributed by atoms with E-state index in [-0.39, 0.29) is 5.48 Å². The first-order chi connectivity index (χ1) is 6.16. The first kappa shape index (κ1) is 17.5. The Kier molecular flexibility index (Phi) is 7.79. The van der Waals surface area contributed by atoms with Gasteiger partial charge in [0.05, 0.1) is 13.2 Å². The first-order valence-electron chi connectivity index (χ1n) is 3.19. The minimum atomic E-state index is -5.14. The lowest BCUT2D eigenvalue weighted by Crippen LogP contribution is -2.18. The molecule has 0 amide bonds. The van der Waals surface area contributed by atoms with Gasteiger partial charge in [0.15, 0.2) is 0 Å². The summed E-state index contributed by atoms with van der Waals surface area (Å²) >= 11 is 0. The predicted molar refractivity (Wildman–Crippen MR) is 45.6 cm³/mol. The third-order valence-corrected chi connectivity index (χ3v) is 3.00. The van der Waals surface area contributed by atoms with Crippen LogP contribution in [0.1, 0.15) is 0 Å². The maximum absolute atomic E-state index is 10.7. The van der Waals surface area contributed by atoms with Gasteiger partial charge in [-0.15, -0.1) is 0 Å². The van der Waals surface area contributed by atoms with Gasteiger partial charge in [-0.05, 0) is 0 Å². The van der Waals surface area contributed by atoms with Crippen LogP contribution in [0, 0.1) is 0 Å². The minimum Gasteiger partial charge on any atom is -0.412 e. The van der Waals surface area contributed by atoms with E-state index in [1.807, 2.05) is 0 Å². The van der Waals surface area contributed by atoms with E-state index in [9.17, 15) is 9.13 Å². The highest BCUT2D eigenvalue weighted by Crippen LogP contribution is 2.57. The third kappa shape index (κ3) is 10.4. The van der Waals surface area contributed by atoms with Crippen LogP contribution in [-0.4, -0.2) is 49.7 Å². The fraction of sp³-hybridized carbons (Fsp3) is 1.00. The summed E-state index contributed by atoms with van der Waals surface area (Å²) in [5.74, 6) is 0. The van der Waals surface area contributed by atoms with Crippen molar-refractivity contribution in [3.8, 4) is 0 Å². The monoisotopic (exact) mass is 270 g/mol. The minimum absolute atomic E-state index is 0. The number of phosphoric acid groups is 2. The summed E-state index contributed by atoms with van der Waals surface area (Å²) < 4.78 is 28.1. The Hall–Kier alpha value is 0.140. The SMILES string of the molecule is O.O=P(O)(O)OP(=O)(O)OC[C@@H](O)CO. The molecule has 1 unspecified atom stereocenters. The fourth-order valence-corrected chi connectivity index (χ4v) is 2.02. The molecule has 0 saturated heterocycles. The normalized spacial score (nSPS) is 17.7. The molecule has 0 saturated carbocycles. The second-order valence-corrected chi connectivity index (χ2v) is 5.00. The van der Waals surface area contributed by atoms with Crippen molar-refractivity contribution in [3.05, 3.63) is 0 Å². The van der Waals surface area contributed by atoms with Gasteiger partial charge >= 0.3 is 15.6 Å². The Labute approximate surface area is 84.2 Å². The van der Waals surface area contributed by atoms with Crippen LogP contribution in [-0.2, 0) is 18.0 Å². The van der Waals surface area contributed by atoms with Crippen molar-refractivity contribution in [2.24, 2.45) is 0 Å². The van der Waals surface area contributed by atoms with E-state index in [0.29, 0.717) is 0 Å². The smallest absolute Gasteiger partial charge is 0.412 e. The molecule has 94 valence electrons. The van der Waals surface area contributed by atoms with Gasteiger partial charge in [-0.25, -0.2) is 9.13 Å². The van der Waals surface area contributed by atoms with Gasteiger partial charge in [-0.1, -0.05) is 0 Å². The summed E-state index contributed by atoms with van der Waals surface area (Å²) in [6.45, 7) is -1.51. The molecule has 0 aliphatic rings. The van der Waals surface area contributed by atoms with Crippen LogP contribution in [0.3, 0.4) is 0 Å². The molecule has 0 aromatic heterocycles. The van der Waals surface area contributed by atoms with Gasteiger partial charge in [0.2, 0.25) is 0 Å². The zero-order valence-corrected chi connectivity index (χ0v) is 9.04. The summed E-state index contributed by atoms with van der Waals surface area (Å²) in [4.78, 5) is 24.9. The molecule has 2 atom stereocenters. The van der Waals surface area contributed by atoms with E-state index in [1.54, 1.807) is 0 Å². The molecule has 10 nitrogen and oxygen atoms in total. The molecule has 0 radical (unpaired) electrons. The average molecular weight is 270 g/mol. The number of rotatable bonds is 6. The van der Waals surface area contributed by atoms with Crippen molar-refractivity contribution in [1.82, 2.24) is 0 Å². The quantitative estimate of drug-likeness (QED) is 0.332. The maximum Gasteiger partial charge on any atom is 0.481 e. The van der Waals surface area contributed by atoms with Crippen molar-refractivity contribution in [2.75, 3.05) is 13.2 Å². The molecular formula is C3H12O10P2. The molecular weight excluding hydrogens is 258 g/mol. The van der Waals surface area contributed by atoms with Crippen LogP contribution >= 0.6 is 15.6 Å². The van der Waals surface area contributed by atoms with Crippen LogP contribution in [0.15, 0.2) is 0 Å².